The molecule has 2 nitrogen and oxygen atoms in total. The predicted octanol–water partition coefficient (Wildman–Crippen LogP) is 5.86. The van der Waals surface area contributed by atoms with Crippen molar-refractivity contribution in [3.63, 3.8) is 0 Å². The van der Waals surface area contributed by atoms with Crippen LogP contribution in [0.5, 0.6) is 0 Å². The molecule has 0 aromatic heterocycles. The third-order valence-corrected chi connectivity index (χ3v) is 3.82. The highest BCUT2D eigenvalue weighted by atomic mass is 79.9. The maximum atomic E-state index is 10.9. The molecule has 0 aromatic rings. The molecule has 0 saturated carbocycles. The van der Waals surface area contributed by atoms with Crippen molar-refractivity contribution in [2.75, 3.05) is 7.11 Å². The molecule has 0 aromatic carbocycles. The minimum atomic E-state index is -0.180. The molecule has 0 aliphatic carbocycles. The summed E-state index contributed by atoms with van der Waals surface area (Å²) in [5, 5.41) is 0. The molecular weight excluding hydrogens is 420 g/mol. The van der Waals surface area contributed by atoms with Gasteiger partial charge in [-0.25, -0.2) is 0 Å². The maximum absolute atomic E-state index is 10.9. The summed E-state index contributed by atoms with van der Waals surface area (Å²) in [5.74, 6) is 11.5. The SMILES string of the molecule is COC(=O)CCCC#CC#CCCCCCC/C=C(Br)\C=C/Br. The molecule has 126 valence electrons. The van der Waals surface area contributed by atoms with Gasteiger partial charge in [0.25, 0.3) is 0 Å². The smallest absolute Gasteiger partial charge is 0.305 e. The topological polar surface area (TPSA) is 26.3 Å². The van der Waals surface area contributed by atoms with E-state index in [1.807, 2.05) is 11.1 Å². The van der Waals surface area contributed by atoms with Crippen LogP contribution >= 0.6 is 31.9 Å². The third kappa shape index (κ3) is 17.2. The van der Waals surface area contributed by atoms with Gasteiger partial charge in [-0.05, 0) is 48.6 Å². The van der Waals surface area contributed by atoms with Gasteiger partial charge in [-0.15, -0.1) is 0 Å². The van der Waals surface area contributed by atoms with Crippen molar-refractivity contribution in [2.45, 2.75) is 57.8 Å². The Kier molecular flexibility index (Phi) is 16.7. The second kappa shape index (κ2) is 17.4. The van der Waals surface area contributed by atoms with E-state index in [-0.39, 0.29) is 5.97 Å². The van der Waals surface area contributed by atoms with E-state index in [0.717, 1.165) is 30.2 Å². The maximum Gasteiger partial charge on any atom is 0.305 e. The monoisotopic (exact) mass is 442 g/mol. The minimum absolute atomic E-state index is 0.180. The zero-order chi connectivity index (χ0) is 17.2. The summed E-state index contributed by atoms with van der Waals surface area (Å²) in [6.45, 7) is 0. The van der Waals surface area contributed by atoms with E-state index < -0.39 is 0 Å². The average molecular weight is 444 g/mol. The molecule has 0 atom stereocenters. The summed E-state index contributed by atoms with van der Waals surface area (Å²) in [6, 6.07) is 0. The molecule has 0 spiro atoms. The van der Waals surface area contributed by atoms with E-state index in [4.69, 9.17) is 0 Å². The lowest BCUT2D eigenvalue weighted by Crippen LogP contribution is -1.98. The van der Waals surface area contributed by atoms with Gasteiger partial charge in [-0.2, -0.15) is 0 Å². The van der Waals surface area contributed by atoms with Crippen molar-refractivity contribution >= 4 is 37.8 Å². The largest absolute Gasteiger partial charge is 0.469 e. The van der Waals surface area contributed by atoms with Crippen LogP contribution in [-0.4, -0.2) is 13.1 Å². The van der Waals surface area contributed by atoms with E-state index in [1.165, 1.54) is 26.4 Å². The molecule has 0 amide bonds. The summed E-state index contributed by atoms with van der Waals surface area (Å²) in [6.07, 6.45) is 12.8. The molecule has 0 aliphatic heterocycles. The van der Waals surface area contributed by atoms with E-state index >= 15 is 0 Å². The number of carbonyl (C=O) groups is 1. The molecule has 0 saturated heterocycles. The zero-order valence-electron chi connectivity index (χ0n) is 13.7. The molecule has 0 heterocycles. The quantitative estimate of drug-likeness (QED) is 0.183. The second-order valence-electron chi connectivity index (χ2n) is 4.87. The third-order valence-electron chi connectivity index (χ3n) is 2.97. The molecule has 0 radical (unpaired) electrons. The van der Waals surface area contributed by atoms with Crippen LogP contribution in [0.25, 0.3) is 0 Å². The van der Waals surface area contributed by atoms with Crippen LogP contribution < -0.4 is 0 Å². The van der Waals surface area contributed by atoms with E-state index in [1.54, 1.807) is 0 Å². The molecule has 0 fully saturated rings. The van der Waals surface area contributed by atoms with Crippen molar-refractivity contribution < 1.29 is 9.53 Å². The van der Waals surface area contributed by atoms with Crippen LogP contribution in [0.3, 0.4) is 0 Å². The Hall–Kier alpha value is -0.970. The number of methoxy groups -OCH3 is 1. The number of hydrogen-bond donors (Lipinski definition) is 0. The van der Waals surface area contributed by atoms with E-state index in [0.29, 0.717) is 12.8 Å². The lowest BCUT2D eigenvalue weighted by Gasteiger charge is -1.96. The number of hydrogen-bond acceptors (Lipinski definition) is 2. The standard InChI is InChI=1S/C19H24Br2O2/c1-23-19(22)15-13-11-9-7-5-3-2-4-6-8-10-12-14-18(21)16-17-20/h14,16-17H,2,4,6,8,10-13,15H2,1H3/b17-16-,18-14+. The van der Waals surface area contributed by atoms with Gasteiger partial charge in [0.1, 0.15) is 0 Å². The van der Waals surface area contributed by atoms with Gasteiger partial charge in [0.2, 0.25) is 0 Å². The highest BCUT2D eigenvalue weighted by Crippen LogP contribution is 2.12. The Labute approximate surface area is 157 Å². The fraction of sp³-hybridized carbons (Fsp3) is 0.526. The van der Waals surface area contributed by atoms with Gasteiger partial charge >= 0.3 is 5.97 Å². The van der Waals surface area contributed by atoms with Crippen LogP contribution in [0.2, 0.25) is 0 Å². The zero-order valence-corrected chi connectivity index (χ0v) is 16.8. The molecule has 0 aliphatic rings. The summed E-state index contributed by atoms with van der Waals surface area (Å²) < 4.78 is 5.67. The molecule has 0 N–H and O–H groups in total. The minimum Gasteiger partial charge on any atom is -0.469 e. The number of allylic oxidation sites excluding steroid dienone is 3. The van der Waals surface area contributed by atoms with Crippen molar-refractivity contribution in [2.24, 2.45) is 0 Å². The van der Waals surface area contributed by atoms with Crippen LogP contribution in [0.15, 0.2) is 21.6 Å². The van der Waals surface area contributed by atoms with Crippen LogP contribution in [0.1, 0.15) is 57.8 Å². The van der Waals surface area contributed by atoms with Crippen molar-refractivity contribution in [1.29, 1.82) is 0 Å². The van der Waals surface area contributed by atoms with Gasteiger partial charge in [0.05, 0.1) is 7.11 Å². The first kappa shape index (κ1) is 22.0. The predicted molar refractivity (Wildman–Crippen MR) is 104 cm³/mol. The molecule has 0 bridgehead atoms. The highest BCUT2D eigenvalue weighted by Gasteiger charge is 1.96. The van der Waals surface area contributed by atoms with E-state index in [2.05, 4.69) is 66.4 Å². The number of carbonyl (C=O) groups excluding carboxylic acids is 1. The van der Waals surface area contributed by atoms with Crippen molar-refractivity contribution in [1.82, 2.24) is 0 Å². The first-order valence-corrected chi connectivity index (χ1v) is 9.56. The Morgan fingerprint density at radius 2 is 1.70 bits per heavy atom. The van der Waals surface area contributed by atoms with Crippen LogP contribution in [0, 0.1) is 23.7 Å². The van der Waals surface area contributed by atoms with Crippen LogP contribution in [-0.2, 0) is 9.53 Å². The number of unbranched alkanes of at least 4 members (excludes halogenated alkanes) is 6. The van der Waals surface area contributed by atoms with Crippen molar-refractivity contribution in [3.05, 3.63) is 21.6 Å². The number of rotatable bonds is 10. The van der Waals surface area contributed by atoms with Gasteiger partial charge in [0.15, 0.2) is 0 Å². The van der Waals surface area contributed by atoms with Gasteiger partial charge < -0.3 is 4.74 Å². The normalized spacial score (nSPS) is 10.7. The highest BCUT2D eigenvalue weighted by molar-refractivity contribution is 9.12. The lowest BCUT2D eigenvalue weighted by molar-refractivity contribution is -0.140. The number of ether oxygens (including phenoxy) is 1. The number of halogens is 2. The van der Waals surface area contributed by atoms with Gasteiger partial charge in [-0.1, -0.05) is 62.6 Å². The fourth-order valence-corrected chi connectivity index (χ4v) is 2.72. The first-order valence-electron chi connectivity index (χ1n) is 7.85. The van der Waals surface area contributed by atoms with Gasteiger partial charge in [-0.3, -0.25) is 4.79 Å². The Morgan fingerprint density at radius 3 is 2.35 bits per heavy atom. The molecule has 0 rings (SSSR count). The molecular formula is C19H24Br2O2. The summed E-state index contributed by atoms with van der Waals surface area (Å²) in [7, 11) is 1.40. The first-order chi connectivity index (χ1) is 11.2. The molecule has 23 heavy (non-hydrogen) atoms. The number of esters is 1. The Morgan fingerprint density at radius 1 is 1.04 bits per heavy atom. The average Bonchev–Trinajstić information content (AvgIpc) is 2.55. The van der Waals surface area contributed by atoms with Gasteiger partial charge in [0, 0.05) is 23.7 Å². The molecule has 4 heteroatoms. The Bertz CT molecular complexity index is 499. The summed E-state index contributed by atoms with van der Waals surface area (Å²) >= 11 is 6.72. The van der Waals surface area contributed by atoms with E-state index in [9.17, 15) is 4.79 Å². The lowest BCUT2D eigenvalue weighted by atomic mass is 10.1. The fourth-order valence-electron chi connectivity index (χ4n) is 1.72. The Balaban J connectivity index is 3.49. The second-order valence-corrected chi connectivity index (χ2v) is 6.31. The van der Waals surface area contributed by atoms with Crippen molar-refractivity contribution in [3.8, 4) is 23.7 Å². The summed E-state index contributed by atoms with van der Waals surface area (Å²) in [5.41, 5.74) is 0. The summed E-state index contributed by atoms with van der Waals surface area (Å²) in [4.78, 5) is 12.7. The van der Waals surface area contributed by atoms with Crippen LogP contribution in [0.4, 0.5) is 0 Å². The molecule has 0 unspecified atom stereocenters.